The number of hydrogen-bond donors (Lipinski definition) is 0. The number of aryl methyl sites for hydroxylation is 1. The summed E-state index contributed by atoms with van der Waals surface area (Å²) in [5, 5.41) is 0. The zero-order valence-electron chi connectivity index (χ0n) is 17.1. The Morgan fingerprint density at radius 3 is 2.64 bits per heavy atom. The third-order valence-corrected chi connectivity index (χ3v) is 5.76. The van der Waals surface area contributed by atoms with E-state index in [1.807, 2.05) is 18.5 Å². The van der Waals surface area contributed by atoms with Crippen LogP contribution in [0.3, 0.4) is 0 Å². The van der Waals surface area contributed by atoms with Crippen molar-refractivity contribution in [1.29, 1.82) is 0 Å². The third kappa shape index (κ3) is 6.16. The van der Waals surface area contributed by atoms with Crippen molar-refractivity contribution in [3.63, 3.8) is 0 Å². The summed E-state index contributed by atoms with van der Waals surface area (Å²) in [6.45, 7) is 5.94. The van der Waals surface area contributed by atoms with Crippen molar-refractivity contribution in [2.75, 3.05) is 19.6 Å². The lowest BCUT2D eigenvalue weighted by Gasteiger charge is -2.39. The Bertz CT molecular complexity index is 704. The molecule has 2 aromatic rings. The molecule has 28 heavy (non-hydrogen) atoms. The van der Waals surface area contributed by atoms with Gasteiger partial charge in [0.25, 0.3) is 0 Å². The van der Waals surface area contributed by atoms with Crippen molar-refractivity contribution < 1.29 is 4.79 Å². The first kappa shape index (κ1) is 20.5. The molecule has 4 nitrogen and oxygen atoms in total. The van der Waals surface area contributed by atoms with Crippen molar-refractivity contribution in [1.82, 2.24) is 14.8 Å². The standard InChI is InChI=1S/C24H33N3O/c1-2-26(19-22-14-16-25-17-15-22)23-12-8-18-27(20-23)24(28)13-7-6-11-21-9-4-3-5-10-21/h3-5,9-10,14-17,23H,2,6-8,11-13,18-20H2,1H3. The van der Waals surface area contributed by atoms with Gasteiger partial charge in [-0.25, -0.2) is 0 Å². The number of pyridine rings is 1. The van der Waals surface area contributed by atoms with E-state index in [0.717, 1.165) is 51.9 Å². The van der Waals surface area contributed by atoms with Gasteiger partial charge in [0.05, 0.1) is 0 Å². The molecule has 4 heteroatoms. The molecule has 1 aromatic carbocycles. The van der Waals surface area contributed by atoms with E-state index in [1.54, 1.807) is 0 Å². The molecule has 0 radical (unpaired) electrons. The van der Waals surface area contributed by atoms with Gasteiger partial charge in [0.1, 0.15) is 0 Å². The fraction of sp³-hybridized carbons (Fsp3) is 0.500. The Balaban J connectivity index is 1.44. The van der Waals surface area contributed by atoms with Crippen molar-refractivity contribution in [3.05, 3.63) is 66.0 Å². The van der Waals surface area contributed by atoms with Gasteiger partial charge >= 0.3 is 0 Å². The Kier molecular flexibility index (Phi) is 8.04. The highest BCUT2D eigenvalue weighted by Crippen LogP contribution is 2.19. The van der Waals surface area contributed by atoms with E-state index in [1.165, 1.54) is 17.5 Å². The van der Waals surface area contributed by atoms with E-state index in [9.17, 15) is 4.79 Å². The molecule has 2 heterocycles. The number of carbonyl (C=O) groups excluding carboxylic acids is 1. The Morgan fingerprint density at radius 2 is 1.89 bits per heavy atom. The lowest BCUT2D eigenvalue weighted by molar-refractivity contribution is -0.133. The number of rotatable bonds is 9. The first-order chi connectivity index (χ1) is 13.8. The SMILES string of the molecule is CCN(Cc1ccncc1)C1CCCN(C(=O)CCCCc2ccccc2)C1. The van der Waals surface area contributed by atoms with Crippen LogP contribution in [0.1, 0.15) is 50.2 Å². The number of amides is 1. The normalized spacial score (nSPS) is 17.1. The van der Waals surface area contributed by atoms with Crippen LogP contribution >= 0.6 is 0 Å². The van der Waals surface area contributed by atoms with Gasteiger partial charge in [-0.2, -0.15) is 0 Å². The molecule has 3 rings (SSSR count). The van der Waals surface area contributed by atoms with E-state index in [-0.39, 0.29) is 0 Å². The van der Waals surface area contributed by atoms with Gasteiger partial charge < -0.3 is 4.90 Å². The minimum absolute atomic E-state index is 0.331. The largest absolute Gasteiger partial charge is 0.341 e. The van der Waals surface area contributed by atoms with Crippen LogP contribution in [0.15, 0.2) is 54.9 Å². The second-order valence-electron chi connectivity index (χ2n) is 7.75. The molecule has 0 N–H and O–H groups in total. The van der Waals surface area contributed by atoms with Gasteiger partial charge in [-0.3, -0.25) is 14.7 Å². The summed E-state index contributed by atoms with van der Waals surface area (Å²) in [4.78, 5) is 21.4. The number of hydrogen-bond acceptors (Lipinski definition) is 3. The first-order valence-corrected chi connectivity index (χ1v) is 10.7. The minimum atomic E-state index is 0.331. The number of unbranched alkanes of at least 4 members (excludes halogenated alkanes) is 1. The highest BCUT2D eigenvalue weighted by Gasteiger charge is 2.27. The molecule has 1 fully saturated rings. The second kappa shape index (κ2) is 11.0. The number of piperidine rings is 1. The minimum Gasteiger partial charge on any atom is -0.341 e. The van der Waals surface area contributed by atoms with Gasteiger partial charge in [0.2, 0.25) is 5.91 Å². The molecule has 1 saturated heterocycles. The quantitative estimate of drug-likeness (QED) is 0.609. The summed E-state index contributed by atoms with van der Waals surface area (Å²) >= 11 is 0. The molecule has 1 aliphatic heterocycles. The van der Waals surface area contributed by atoms with Crippen molar-refractivity contribution >= 4 is 5.91 Å². The number of benzene rings is 1. The van der Waals surface area contributed by atoms with Crippen LogP contribution in [-0.4, -0.2) is 46.4 Å². The fourth-order valence-electron chi connectivity index (χ4n) is 4.11. The summed E-state index contributed by atoms with van der Waals surface area (Å²) in [6, 6.07) is 15.2. The van der Waals surface area contributed by atoms with Crippen molar-refractivity contribution in [2.45, 2.75) is 58.0 Å². The molecule has 1 amide bonds. The number of carbonyl (C=O) groups is 1. The Morgan fingerprint density at radius 1 is 1.11 bits per heavy atom. The van der Waals surface area contributed by atoms with Gasteiger partial charge in [0, 0.05) is 44.5 Å². The first-order valence-electron chi connectivity index (χ1n) is 10.7. The number of likely N-dealkylation sites (tertiary alicyclic amines) is 1. The maximum absolute atomic E-state index is 12.7. The Hall–Kier alpha value is -2.20. The van der Waals surface area contributed by atoms with Gasteiger partial charge in [-0.15, -0.1) is 0 Å². The summed E-state index contributed by atoms with van der Waals surface area (Å²) < 4.78 is 0. The van der Waals surface area contributed by atoms with Crippen LogP contribution in [-0.2, 0) is 17.8 Å². The number of nitrogens with zero attached hydrogens (tertiary/aromatic N) is 3. The maximum Gasteiger partial charge on any atom is 0.222 e. The maximum atomic E-state index is 12.7. The fourth-order valence-corrected chi connectivity index (χ4v) is 4.11. The van der Waals surface area contributed by atoms with Gasteiger partial charge in [0.15, 0.2) is 0 Å². The number of aromatic nitrogens is 1. The summed E-state index contributed by atoms with van der Waals surface area (Å²) in [6.07, 6.45) is 9.79. The Labute approximate surface area is 169 Å². The monoisotopic (exact) mass is 379 g/mol. The van der Waals surface area contributed by atoms with E-state index < -0.39 is 0 Å². The third-order valence-electron chi connectivity index (χ3n) is 5.76. The van der Waals surface area contributed by atoms with Crippen LogP contribution in [0.25, 0.3) is 0 Å². The predicted octanol–water partition coefficient (Wildman–Crippen LogP) is 4.31. The van der Waals surface area contributed by atoms with Crippen LogP contribution < -0.4 is 0 Å². The van der Waals surface area contributed by atoms with E-state index in [2.05, 4.69) is 58.1 Å². The predicted molar refractivity (Wildman–Crippen MR) is 114 cm³/mol. The molecule has 0 aliphatic carbocycles. The highest BCUT2D eigenvalue weighted by atomic mass is 16.2. The van der Waals surface area contributed by atoms with Crippen LogP contribution in [0.4, 0.5) is 0 Å². The van der Waals surface area contributed by atoms with Crippen LogP contribution in [0.2, 0.25) is 0 Å². The van der Waals surface area contributed by atoms with E-state index in [4.69, 9.17) is 0 Å². The zero-order valence-corrected chi connectivity index (χ0v) is 17.1. The topological polar surface area (TPSA) is 36.4 Å². The average molecular weight is 380 g/mol. The van der Waals surface area contributed by atoms with E-state index >= 15 is 0 Å². The molecule has 1 aromatic heterocycles. The molecule has 0 bridgehead atoms. The highest BCUT2D eigenvalue weighted by molar-refractivity contribution is 5.76. The zero-order chi connectivity index (χ0) is 19.6. The summed E-state index contributed by atoms with van der Waals surface area (Å²) in [5.41, 5.74) is 2.66. The molecule has 150 valence electrons. The lowest BCUT2D eigenvalue weighted by atomic mass is 10.0. The average Bonchev–Trinajstić information content (AvgIpc) is 2.76. The molecular weight excluding hydrogens is 346 g/mol. The van der Waals surface area contributed by atoms with E-state index in [0.29, 0.717) is 18.4 Å². The van der Waals surface area contributed by atoms with Crippen LogP contribution in [0.5, 0.6) is 0 Å². The van der Waals surface area contributed by atoms with Gasteiger partial charge in [-0.1, -0.05) is 37.3 Å². The summed E-state index contributed by atoms with van der Waals surface area (Å²) in [5.74, 6) is 0.331. The molecule has 1 atom stereocenters. The molecule has 1 aliphatic rings. The number of likely N-dealkylation sites (N-methyl/N-ethyl adjacent to an activating group) is 1. The second-order valence-corrected chi connectivity index (χ2v) is 7.75. The molecule has 0 saturated carbocycles. The molecule has 0 spiro atoms. The van der Waals surface area contributed by atoms with Crippen molar-refractivity contribution in [3.8, 4) is 0 Å². The smallest absolute Gasteiger partial charge is 0.222 e. The van der Waals surface area contributed by atoms with Crippen LogP contribution in [0, 0.1) is 0 Å². The van der Waals surface area contributed by atoms with Gasteiger partial charge in [-0.05, 0) is 61.9 Å². The van der Waals surface area contributed by atoms with Crippen molar-refractivity contribution in [2.24, 2.45) is 0 Å². The summed E-state index contributed by atoms with van der Waals surface area (Å²) in [7, 11) is 0. The molecular formula is C24H33N3O. The molecule has 1 unspecified atom stereocenters. The lowest BCUT2D eigenvalue weighted by Crippen LogP contribution is -2.49.